The number of amides is 2. The van der Waals surface area contributed by atoms with Crippen LogP contribution >= 0.6 is 11.3 Å². The van der Waals surface area contributed by atoms with Gasteiger partial charge in [0.2, 0.25) is 0 Å². The van der Waals surface area contributed by atoms with E-state index in [1.165, 1.54) is 15.3 Å². The second kappa shape index (κ2) is 5.80. The molecule has 1 aromatic rings. The SMILES string of the molecule is Cc1cc(CNC(=O)N2C[C@H](O)C[C@H]2C(=O)O)sc1C. The van der Waals surface area contributed by atoms with Crippen molar-refractivity contribution in [2.75, 3.05) is 6.54 Å². The number of aliphatic hydroxyl groups excluding tert-OH is 1. The first-order valence-electron chi connectivity index (χ1n) is 6.39. The lowest BCUT2D eigenvalue weighted by molar-refractivity contribution is -0.141. The number of carboxylic acids is 1. The number of urea groups is 1. The van der Waals surface area contributed by atoms with E-state index >= 15 is 0 Å². The third-order valence-corrected chi connectivity index (χ3v) is 4.61. The van der Waals surface area contributed by atoms with Crippen molar-refractivity contribution in [1.29, 1.82) is 0 Å². The van der Waals surface area contributed by atoms with E-state index < -0.39 is 24.1 Å². The number of aryl methyl sites for hydroxylation is 2. The summed E-state index contributed by atoms with van der Waals surface area (Å²) in [5.74, 6) is -1.08. The third kappa shape index (κ3) is 3.10. The fraction of sp³-hybridized carbons (Fsp3) is 0.538. The molecule has 0 spiro atoms. The van der Waals surface area contributed by atoms with E-state index in [4.69, 9.17) is 5.11 Å². The fourth-order valence-corrected chi connectivity index (χ4v) is 3.27. The zero-order valence-electron chi connectivity index (χ0n) is 11.4. The minimum atomic E-state index is -1.08. The van der Waals surface area contributed by atoms with Crippen LogP contribution in [0.15, 0.2) is 6.07 Å². The molecule has 6 nitrogen and oxygen atoms in total. The molecule has 110 valence electrons. The van der Waals surface area contributed by atoms with Crippen molar-refractivity contribution in [2.24, 2.45) is 0 Å². The third-order valence-electron chi connectivity index (χ3n) is 3.46. The number of β-amino-alcohol motifs (C(OH)–C–C–N with tert-alkyl or cyclic N) is 1. The number of thiophene rings is 1. The lowest BCUT2D eigenvalue weighted by atomic mass is 10.2. The van der Waals surface area contributed by atoms with Crippen molar-refractivity contribution < 1.29 is 19.8 Å². The van der Waals surface area contributed by atoms with E-state index in [-0.39, 0.29) is 13.0 Å². The van der Waals surface area contributed by atoms with Crippen LogP contribution in [-0.2, 0) is 11.3 Å². The zero-order chi connectivity index (χ0) is 14.9. The molecule has 1 aliphatic rings. The predicted octanol–water partition coefficient (Wildman–Crippen LogP) is 1.09. The average molecular weight is 298 g/mol. The first-order valence-corrected chi connectivity index (χ1v) is 7.21. The minimum absolute atomic E-state index is 0.0608. The van der Waals surface area contributed by atoms with E-state index in [2.05, 4.69) is 5.32 Å². The van der Waals surface area contributed by atoms with Crippen LogP contribution in [0.3, 0.4) is 0 Å². The quantitative estimate of drug-likeness (QED) is 0.779. The van der Waals surface area contributed by atoms with E-state index in [1.807, 2.05) is 19.9 Å². The Morgan fingerprint density at radius 3 is 2.75 bits per heavy atom. The maximum Gasteiger partial charge on any atom is 0.326 e. The molecule has 0 saturated carbocycles. The van der Waals surface area contributed by atoms with E-state index in [0.717, 1.165) is 4.88 Å². The highest BCUT2D eigenvalue weighted by molar-refractivity contribution is 7.12. The number of likely N-dealkylation sites (tertiary alicyclic amines) is 1. The molecule has 0 unspecified atom stereocenters. The number of hydrogen-bond acceptors (Lipinski definition) is 4. The molecule has 2 rings (SSSR count). The lowest BCUT2D eigenvalue weighted by Crippen LogP contribution is -2.45. The first-order chi connectivity index (χ1) is 9.38. The van der Waals surface area contributed by atoms with Crippen molar-refractivity contribution in [3.05, 3.63) is 21.4 Å². The number of nitrogens with zero attached hydrogens (tertiary/aromatic N) is 1. The lowest BCUT2D eigenvalue weighted by Gasteiger charge is -2.21. The van der Waals surface area contributed by atoms with Gasteiger partial charge in [0.25, 0.3) is 0 Å². The molecule has 0 bridgehead atoms. The van der Waals surface area contributed by atoms with Gasteiger partial charge in [0.05, 0.1) is 12.6 Å². The summed E-state index contributed by atoms with van der Waals surface area (Å²) in [5, 5.41) is 21.3. The van der Waals surface area contributed by atoms with Crippen molar-refractivity contribution in [2.45, 2.75) is 39.0 Å². The first kappa shape index (κ1) is 14.8. The fourth-order valence-electron chi connectivity index (χ4n) is 2.27. The summed E-state index contributed by atoms with van der Waals surface area (Å²) in [5.41, 5.74) is 1.18. The number of hydrogen-bond donors (Lipinski definition) is 3. The Hall–Kier alpha value is -1.60. The second-order valence-corrected chi connectivity index (χ2v) is 6.35. The molecular formula is C13H18N2O4S. The van der Waals surface area contributed by atoms with Gasteiger partial charge in [0.15, 0.2) is 0 Å². The molecule has 3 N–H and O–H groups in total. The number of carbonyl (C=O) groups excluding carboxylic acids is 1. The van der Waals surface area contributed by atoms with Crippen LogP contribution in [0.4, 0.5) is 4.79 Å². The molecule has 0 aliphatic carbocycles. The zero-order valence-corrected chi connectivity index (χ0v) is 12.2. The van der Waals surface area contributed by atoms with Crippen LogP contribution < -0.4 is 5.32 Å². The van der Waals surface area contributed by atoms with Crippen molar-refractivity contribution in [3.63, 3.8) is 0 Å². The Balaban J connectivity index is 1.95. The number of carboxylic acid groups (broad SMARTS) is 1. The van der Waals surface area contributed by atoms with Gasteiger partial charge in [0, 0.05) is 22.7 Å². The van der Waals surface area contributed by atoms with Crippen molar-refractivity contribution >= 4 is 23.3 Å². The maximum absolute atomic E-state index is 12.0. The standard InChI is InChI=1S/C13H18N2O4S/c1-7-3-10(20-8(7)2)5-14-13(19)15-6-9(16)4-11(15)12(17)18/h3,9,11,16H,4-6H2,1-2H3,(H,14,19)(H,17,18)/t9-,11+/m1/s1. The summed E-state index contributed by atoms with van der Waals surface area (Å²) in [6, 6.07) is 0.614. The molecule has 0 aromatic carbocycles. The Kier molecular flexibility index (Phi) is 4.29. The van der Waals surface area contributed by atoms with Gasteiger partial charge in [-0.25, -0.2) is 9.59 Å². The summed E-state index contributed by atoms with van der Waals surface area (Å²) >= 11 is 1.61. The minimum Gasteiger partial charge on any atom is -0.480 e. The smallest absolute Gasteiger partial charge is 0.326 e. The molecule has 7 heteroatoms. The number of aliphatic carboxylic acids is 1. The average Bonchev–Trinajstić information content (AvgIpc) is 2.91. The highest BCUT2D eigenvalue weighted by atomic mass is 32.1. The highest BCUT2D eigenvalue weighted by Gasteiger charge is 2.38. The summed E-state index contributed by atoms with van der Waals surface area (Å²) in [6.45, 7) is 4.46. The van der Waals surface area contributed by atoms with Gasteiger partial charge >= 0.3 is 12.0 Å². The number of carbonyl (C=O) groups is 2. The Morgan fingerprint density at radius 1 is 1.50 bits per heavy atom. The van der Waals surface area contributed by atoms with Crippen molar-refractivity contribution in [3.8, 4) is 0 Å². The maximum atomic E-state index is 12.0. The van der Waals surface area contributed by atoms with Gasteiger partial charge in [-0.15, -0.1) is 11.3 Å². The Morgan fingerprint density at radius 2 is 2.20 bits per heavy atom. The topological polar surface area (TPSA) is 89.9 Å². The molecule has 1 aliphatic heterocycles. The molecule has 20 heavy (non-hydrogen) atoms. The van der Waals surface area contributed by atoms with E-state index in [1.54, 1.807) is 11.3 Å². The van der Waals surface area contributed by atoms with E-state index in [9.17, 15) is 14.7 Å². The predicted molar refractivity (Wildman–Crippen MR) is 74.8 cm³/mol. The van der Waals surface area contributed by atoms with Gasteiger partial charge in [-0.3, -0.25) is 0 Å². The Bertz CT molecular complexity index is 509. The Labute approximate surface area is 121 Å². The van der Waals surface area contributed by atoms with Gasteiger partial charge in [-0.2, -0.15) is 0 Å². The number of aliphatic hydroxyl groups is 1. The normalized spacial score (nSPS) is 22.1. The largest absolute Gasteiger partial charge is 0.480 e. The van der Waals surface area contributed by atoms with Crippen LogP contribution in [-0.4, -0.2) is 45.8 Å². The van der Waals surface area contributed by atoms with Gasteiger partial charge in [0.1, 0.15) is 6.04 Å². The number of rotatable bonds is 3. The highest BCUT2D eigenvalue weighted by Crippen LogP contribution is 2.21. The van der Waals surface area contributed by atoms with Gasteiger partial charge in [-0.05, 0) is 25.5 Å². The summed E-state index contributed by atoms with van der Waals surface area (Å²) in [6.07, 6.45) is -0.687. The number of nitrogens with one attached hydrogen (secondary N) is 1. The van der Waals surface area contributed by atoms with Gasteiger partial charge in [-0.1, -0.05) is 0 Å². The second-order valence-electron chi connectivity index (χ2n) is 5.01. The van der Waals surface area contributed by atoms with Gasteiger partial charge < -0.3 is 20.4 Å². The molecule has 1 aromatic heterocycles. The van der Waals surface area contributed by atoms with Crippen LogP contribution in [0, 0.1) is 13.8 Å². The van der Waals surface area contributed by atoms with Crippen LogP contribution in [0.25, 0.3) is 0 Å². The monoisotopic (exact) mass is 298 g/mol. The molecule has 0 radical (unpaired) electrons. The van der Waals surface area contributed by atoms with Crippen LogP contribution in [0.2, 0.25) is 0 Å². The van der Waals surface area contributed by atoms with E-state index in [0.29, 0.717) is 6.54 Å². The summed E-state index contributed by atoms with van der Waals surface area (Å²) in [4.78, 5) is 26.5. The molecule has 1 fully saturated rings. The van der Waals surface area contributed by atoms with Crippen molar-refractivity contribution in [1.82, 2.24) is 10.2 Å². The molecule has 2 heterocycles. The van der Waals surface area contributed by atoms with Crippen LogP contribution in [0.5, 0.6) is 0 Å². The summed E-state index contributed by atoms with van der Waals surface area (Å²) in [7, 11) is 0. The molecule has 2 amide bonds. The van der Waals surface area contributed by atoms with Crippen LogP contribution in [0.1, 0.15) is 21.7 Å². The molecular weight excluding hydrogens is 280 g/mol. The molecule has 2 atom stereocenters. The summed E-state index contributed by atoms with van der Waals surface area (Å²) < 4.78 is 0. The molecule has 1 saturated heterocycles.